The number of methoxy groups -OCH3 is 2. The highest BCUT2D eigenvalue weighted by molar-refractivity contribution is 5.61. The summed E-state index contributed by atoms with van der Waals surface area (Å²) in [4.78, 5) is 7.97. The van der Waals surface area contributed by atoms with Crippen molar-refractivity contribution in [3.05, 3.63) is 30.1 Å². The van der Waals surface area contributed by atoms with E-state index in [1.54, 1.807) is 14.2 Å². The van der Waals surface area contributed by atoms with Crippen molar-refractivity contribution < 1.29 is 9.47 Å². The van der Waals surface area contributed by atoms with Crippen LogP contribution in [0.25, 0.3) is 11.4 Å². The molecule has 3 rings (SSSR count). The smallest absolute Gasteiger partial charge is 0.161 e. The number of nitrogens with one attached hydrogen (secondary N) is 2. The third-order valence-corrected chi connectivity index (χ3v) is 4.03. The number of hydrogen-bond acceptors (Lipinski definition) is 4. The van der Waals surface area contributed by atoms with E-state index in [2.05, 4.69) is 15.3 Å². The van der Waals surface area contributed by atoms with Crippen LogP contribution in [0.15, 0.2) is 24.4 Å². The van der Waals surface area contributed by atoms with Crippen LogP contribution in [0.1, 0.15) is 24.5 Å². The number of imidazole rings is 1. The highest BCUT2D eigenvalue weighted by Gasteiger charge is 2.18. The Bertz CT molecular complexity index is 603. The van der Waals surface area contributed by atoms with E-state index in [-0.39, 0.29) is 0 Å². The molecule has 1 fully saturated rings. The van der Waals surface area contributed by atoms with E-state index in [4.69, 9.17) is 9.47 Å². The largest absolute Gasteiger partial charge is 0.493 e. The van der Waals surface area contributed by atoms with Crippen LogP contribution < -0.4 is 14.8 Å². The van der Waals surface area contributed by atoms with Crippen LogP contribution in [0.4, 0.5) is 0 Å². The third-order valence-electron chi connectivity index (χ3n) is 4.03. The van der Waals surface area contributed by atoms with Gasteiger partial charge in [0.05, 0.1) is 14.2 Å². The number of H-pyrrole nitrogens is 1. The van der Waals surface area contributed by atoms with Crippen molar-refractivity contribution in [2.45, 2.75) is 18.8 Å². The summed E-state index contributed by atoms with van der Waals surface area (Å²) >= 11 is 0. The van der Waals surface area contributed by atoms with Gasteiger partial charge in [-0.1, -0.05) is 0 Å². The number of ether oxygens (including phenoxy) is 2. The quantitative estimate of drug-likeness (QED) is 0.907. The molecule has 1 aromatic carbocycles. The van der Waals surface area contributed by atoms with Gasteiger partial charge < -0.3 is 19.8 Å². The summed E-state index contributed by atoms with van der Waals surface area (Å²) in [6.45, 7) is 2.16. The molecule has 21 heavy (non-hydrogen) atoms. The maximum absolute atomic E-state index is 5.35. The molecule has 0 saturated carbocycles. The summed E-state index contributed by atoms with van der Waals surface area (Å²) in [5, 5.41) is 3.39. The van der Waals surface area contributed by atoms with Crippen LogP contribution in [0.2, 0.25) is 0 Å². The molecule has 1 aliphatic rings. The molecule has 0 bridgehead atoms. The SMILES string of the molecule is COc1ccc(-c2ncc(C3CCNCC3)[nH]2)cc1OC. The molecule has 5 nitrogen and oxygen atoms in total. The van der Waals surface area contributed by atoms with Crippen molar-refractivity contribution in [1.82, 2.24) is 15.3 Å². The normalized spacial score (nSPS) is 15.9. The average molecular weight is 287 g/mol. The summed E-state index contributed by atoms with van der Waals surface area (Å²) in [6.07, 6.45) is 4.28. The minimum Gasteiger partial charge on any atom is -0.493 e. The van der Waals surface area contributed by atoms with Crippen molar-refractivity contribution >= 4 is 0 Å². The number of rotatable bonds is 4. The summed E-state index contributed by atoms with van der Waals surface area (Å²) in [6, 6.07) is 5.84. The molecule has 0 spiro atoms. The van der Waals surface area contributed by atoms with Gasteiger partial charge in [0, 0.05) is 23.4 Å². The van der Waals surface area contributed by atoms with Gasteiger partial charge in [-0.25, -0.2) is 4.98 Å². The molecule has 2 heterocycles. The second-order valence-electron chi connectivity index (χ2n) is 5.28. The van der Waals surface area contributed by atoms with Gasteiger partial charge in [0.25, 0.3) is 0 Å². The van der Waals surface area contributed by atoms with E-state index in [0.29, 0.717) is 5.92 Å². The zero-order chi connectivity index (χ0) is 14.7. The molecular formula is C16H21N3O2. The van der Waals surface area contributed by atoms with Gasteiger partial charge in [0.2, 0.25) is 0 Å². The predicted molar refractivity (Wildman–Crippen MR) is 82.0 cm³/mol. The highest BCUT2D eigenvalue weighted by atomic mass is 16.5. The molecule has 5 heteroatoms. The molecule has 1 saturated heterocycles. The van der Waals surface area contributed by atoms with Crippen molar-refractivity contribution in [1.29, 1.82) is 0 Å². The zero-order valence-electron chi connectivity index (χ0n) is 12.5. The lowest BCUT2D eigenvalue weighted by Gasteiger charge is -2.21. The van der Waals surface area contributed by atoms with E-state index >= 15 is 0 Å². The lowest BCUT2D eigenvalue weighted by atomic mass is 9.95. The molecule has 1 aromatic heterocycles. The number of aromatic amines is 1. The number of piperidine rings is 1. The van der Waals surface area contributed by atoms with Gasteiger partial charge in [-0.2, -0.15) is 0 Å². The number of hydrogen-bond donors (Lipinski definition) is 2. The fourth-order valence-corrected chi connectivity index (χ4v) is 2.81. The molecule has 112 valence electrons. The minimum atomic E-state index is 0.577. The van der Waals surface area contributed by atoms with E-state index in [0.717, 1.165) is 48.8 Å². The summed E-state index contributed by atoms with van der Waals surface area (Å²) in [5.74, 6) is 2.90. The second kappa shape index (κ2) is 6.18. The predicted octanol–water partition coefficient (Wildman–Crippen LogP) is 2.56. The van der Waals surface area contributed by atoms with Crippen molar-refractivity contribution in [2.75, 3.05) is 27.3 Å². The van der Waals surface area contributed by atoms with Gasteiger partial charge in [0.1, 0.15) is 5.82 Å². The first-order chi connectivity index (χ1) is 10.3. The van der Waals surface area contributed by atoms with E-state index in [1.807, 2.05) is 24.4 Å². The molecule has 0 aliphatic carbocycles. The Morgan fingerprint density at radius 1 is 1.10 bits per heavy atom. The van der Waals surface area contributed by atoms with Gasteiger partial charge in [-0.3, -0.25) is 0 Å². The third kappa shape index (κ3) is 2.88. The Hall–Kier alpha value is -2.01. The lowest BCUT2D eigenvalue weighted by Crippen LogP contribution is -2.26. The monoisotopic (exact) mass is 287 g/mol. The van der Waals surface area contributed by atoms with E-state index < -0.39 is 0 Å². The average Bonchev–Trinajstić information content (AvgIpc) is 3.05. The Morgan fingerprint density at radius 2 is 1.86 bits per heavy atom. The van der Waals surface area contributed by atoms with Crippen LogP contribution >= 0.6 is 0 Å². The molecule has 2 N–H and O–H groups in total. The summed E-state index contributed by atoms with van der Waals surface area (Å²) < 4.78 is 10.6. The second-order valence-corrected chi connectivity index (χ2v) is 5.28. The van der Waals surface area contributed by atoms with Gasteiger partial charge >= 0.3 is 0 Å². The first-order valence-corrected chi connectivity index (χ1v) is 7.30. The van der Waals surface area contributed by atoms with Crippen LogP contribution in [-0.4, -0.2) is 37.3 Å². The Morgan fingerprint density at radius 3 is 2.57 bits per heavy atom. The lowest BCUT2D eigenvalue weighted by molar-refractivity contribution is 0.355. The van der Waals surface area contributed by atoms with Gasteiger partial charge in [0.15, 0.2) is 11.5 Å². The Balaban J connectivity index is 1.85. The number of aromatic nitrogens is 2. The zero-order valence-corrected chi connectivity index (χ0v) is 12.5. The summed E-state index contributed by atoms with van der Waals surface area (Å²) in [5.41, 5.74) is 2.23. The van der Waals surface area contributed by atoms with Gasteiger partial charge in [-0.05, 0) is 44.1 Å². The first-order valence-electron chi connectivity index (χ1n) is 7.30. The van der Waals surface area contributed by atoms with E-state index in [9.17, 15) is 0 Å². The first kappa shape index (κ1) is 13.9. The van der Waals surface area contributed by atoms with E-state index in [1.165, 1.54) is 5.69 Å². The molecule has 0 unspecified atom stereocenters. The number of benzene rings is 1. The fourth-order valence-electron chi connectivity index (χ4n) is 2.81. The van der Waals surface area contributed by atoms with Crippen molar-refractivity contribution in [3.8, 4) is 22.9 Å². The Kier molecular flexibility index (Phi) is 4.10. The van der Waals surface area contributed by atoms with Gasteiger partial charge in [-0.15, -0.1) is 0 Å². The van der Waals surface area contributed by atoms with Crippen LogP contribution in [0.3, 0.4) is 0 Å². The summed E-state index contributed by atoms with van der Waals surface area (Å²) in [7, 11) is 3.28. The van der Waals surface area contributed by atoms with Crippen LogP contribution in [0.5, 0.6) is 11.5 Å². The molecular weight excluding hydrogens is 266 g/mol. The standard InChI is InChI=1S/C16H21N3O2/c1-20-14-4-3-12(9-15(14)21-2)16-18-10-13(19-16)11-5-7-17-8-6-11/h3-4,9-11,17H,5-8H2,1-2H3,(H,18,19). The Labute approximate surface area is 124 Å². The molecule has 0 amide bonds. The molecule has 2 aromatic rings. The molecule has 0 atom stereocenters. The van der Waals surface area contributed by atoms with Crippen molar-refractivity contribution in [2.24, 2.45) is 0 Å². The highest BCUT2D eigenvalue weighted by Crippen LogP contribution is 2.32. The maximum Gasteiger partial charge on any atom is 0.161 e. The number of nitrogens with zero attached hydrogens (tertiary/aromatic N) is 1. The van der Waals surface area contributed by atoms with Crippen molar-refractivity contribution in [3.63, 3.8) is 0 Å². The minimum absolute atomic E-state index is 0.577. The maximum atomic E-state index is 5.35. The van der Waals surface area contributed by atoms with Crippen LogP contribution in [0, 0.1) is 0 Å². The molecule has 1 aliphatic heterocycles. The topological polar surface area (TPSA) is 59.2 Å². The van der Waals surface area contributed by atoms with Crippen LogP contribution in [-0.2, 0) is 0 Å². The fraction of sp³-hybridized carbons (Fsp3) is 0.438. The molecule has 0 radical (unpaired) electrons.